The summed E-state index contributed by atoms with van der Waals surface area (Å²) in [6, 6.07) is 7.59. The molecule has 16 heavy (non-hydrogen) atoms. The van der Waals surface area contributed by atoms with Crippen LogP contribution in [0.1, 0.15) is 29.3 Å². The van der Waals surface area contributed by atoms with Gasteiger partial charge in [-0.2, -0.15) is 0 Å². The number of hydrogen-bond donors (Lipinski definition) is 1. The molecule has 2 heteroatoms. The van der Waals surface area contributed by atoms with Crippen molar-refractivity contribution in [3.05, 3.63) is 48.0 Å². The number of amides is 1. The van der Waals surface area contributed by atoms with Gasteiger partial charge >= 0.3 is 0 Å². The zero-order chi connectivity index (χ0) is 12.0. The molecule has 0 aromatic heterocycles. The summed E-state index contributed by atoms with van der Waals surface area (Å²) in [5, 5.41) is 2.92. The fraction of sp³-hybridized carbons (Fsp3) is 0.357. The largest absolute Gasteiger partial charge is 0.352 e. The van der Waals surface area contributed by atoms with E-state index in [1.54, 1.807) is 0 Å². The summed E-state index contributed by atoms with van der Waals surface area (Å²) in [4.78, 5) is 11.7. The Bertz CT molecular complexity index is 354. The van der Waals surface area contributed by atoms with Crippen molar-refractivity contribution < 1.29 is 4.79 Å². The molecule has 0 aliphatic heterocycles. The van der Waals surface area contributed by atoms with Gasteiger partial charge in [-0.25, -0.2) is 0 Å². The minimum Gasteiger partial charge on any atom is -0.352 e. The number of rotatable bonds is 5. The lowest BCUT2D eigenvalue weighted by Gasteiger charge is -2.10. The highest BCUT2D eigenvalue weighted by molar-refractivity contribution is 5.94. The summed E-state index contributed by atoms with van der Waals surface area (Å²) in [5.41, 5.74) is 1.88. The highest BCUT2D eigenvalue weighted by atomic mass is 16.1. The normalized spacial score (nSPS) is 11.9. The highest BCUT2D eigenvalue weighted by Crippen LogP contribution is 2.04. The Morgan fingerprint density at radius 3 is 2.62 bits per heavy atom. The highest BCUT2D eigenvalue weighted by Gasteiger charge is 2.06. The van der Waals surface area contributed by atoms with Crippen LogP contribution >= 0.6 is 0 Å². The lowest BCUT2D eigenvalue weighted by Crippen LogP contribution is -2.28. The summed E-state index contributed by atoms with van der Waals surface area (Å²) < 4.78 is 0. The number of nitrogens with one attached hydrogen (secondary N) is 1. The maximum atomic E-state index is 11.7. The first-order valence-corrected chi connectivity index (χ1v) is 5.59. The predicted molar refractivity (Wildman–Crippen MR) is 67.5 cm³/mol. The van der Waals surface area contributed by atoms with Gasteiger partial charge in [0, 0.05) is 12.1 Å². The van der Waals surface area contributed by atoms with Gasteiger partial charge in [0.2, 0.25) is 0 Å². The van der Waals surface area contributed by atoms with Crippen LogP contribution < -0.4 is 5.32 Å². The third-order valence-electron chi connectivity index (χ3n) is 2.49. The van der Waals surface area contributed by atoms with E-state index in [2.05, 4.69) is 18.8 Å². The van der Waals surface area contributed by atoms with Crippen LogP contribution in [0, 0.1) is 12.8 Å². The molecular weight excluding hydrogens is 198 g/mol. The molecule has 1 N–H and O–H groups in total. The number of hydrogen-bond acceptors (Lipinski definition) is 1. The third-order valence-corrected chi connectivity index (χ3v) is 2.49. The zero-order valence-electron chi connectivity index (χ0n) is 9.99. The second-order valence-electron chi connectivity index (χ2n) is 4.21. The van der Waals surface area contributed by atoms with Gasteiger partial charge < -0.3 is 5.32 Å². The molecule has 1 aromatic rings. The van der Waals surface area contributed by atoms with Gasteiger partial charge in [0.25, 0.3) is 5.91 Å². The molecule has 0 spiro atoms. The average Bonchev–Trinajstić information content (AvgIpc) is 2.27. The summed E-state index contributed by atoms with van der Waals surface area (Å²) in [7, 11) is 0. The minimum absolute atomic E-state index is 0.00378. The monoisotopic (exact) mass is 217 g/mol. The van der Waals surface area contributed by atoms with E-state index >= 15 is 0 Å². The smallest absolute Gasteiger partial charge is 0.251 e. The summed E-state index contributed by atoms with van der Waals surface area (Å²) in [5.74, 6) is 0.433. The summed E-state index contributed by atoms with van der Waals surface area (Å²) in [6.07, 6.45) is 2.80. The molecule has 86 valence electrons. The SMILES string of the molecule is C=CCC(C)CNC(=O)c1ccc(C)cc1. The molecule has 1 unspecified atom stereocenters. The molecule has 0 radical (unpaired) electrons. The maximum Gasteiger partial charge on any atom is 0.251 e. The van der Waals surface area contributed by atoms with Gasteiger partial charge in [-0.05, 0) is 31.4 Å². The van der Waals surface area contributed by atoms with Crippen LogP contribution in [0.25, 0.3) is 0 Å². The second kappa shape index (κ2) is 6.11. The lowest BCUT2D eigenvalue weighted by atomic mass is 10.1. The standard InChI is InChI=1S/C14H19NO/c1-4-5-12(3)10-15-14(16)13-8-6-11(2)7-9-13/h4,6-9,12H,1,5,10H2,2-3H3,(H,15,16). The third kappa shape index (κ3) is 3.89. The predicted octanol–water partition coefficient (Wildman–Crippen LogP) is 2.94. The van der Waals surface area contributed by atoms with Gasteiger partial charge in [-0.3, -0.25) is 4.79 Å². The van der Waals surface area contributed by atoms with Crippen LogP contribution in [0.3, 0.4) is 0 Å². The molecule has 1 aromatic carbocycles. The first-order valence-electron chi connectivity index (χ1n) is 5.59. The number of benzene rings is 1. The van der Waals surface area contributed by atoms with E-state index in [9.17, 15) is 4.79 Å². The molecular formula is C14H19NO. The van der Waals surface area contributed by atoms with E-state index in [1.807, 2.05) is 37.3 Å². The van der Waals surface area contributed by atoms with Crippen LogP contribution in [0.5, 0.6) is 0 Å². The Kier molecular flexibility index (Phi) is 4.77. The van der Waals surface area contributed by atoms with Crippen LogP contribution in [0.15, 0.2) is 36.9 Å². The maximum absolute atomic E-state index is 11.7. The molecule has 0 aliphatic carbocycles. The van der Waals surface area contributed by atoms with Crippen molar-refractivity contribution in [2.45, 2.75) is 20.3 Å². The van der Waals surface area contributed by atoms with Crippen molar-refractivity contribution in [2.24, 2.45) is 5.92 Å². The van der Waals surface area contributed by atoms with E-state index in [4.69, 9.17) is 0 Å². The van der Waals surface area contributed by atoms with Crippen molar-refractivity contribution >= 4 is 5.91 Å². The van der Waals surface area contributed by atoms with Crippen LogP contribution in [-0.4, -0.2) is 12.5 Å². The molecule has 1 amide bonds. The number of allylic oxidation sites excluding steroid dienone is 1. The Balaban J connectivity index is 2.46. The quantitative estimate of drug-likeness (QED) is 0.755. The van der Waals surface area contributed by atoms with Gasteiger partial charge in [0.15, 0.2) is 0 Å². The molecule has 0 saturated heterocycles. The Labute approximate surface area is 97.4 Å². The summed E-state index contributed by atoms with van der Waals surface area (Å²) in [6.45, 7) is 8.48. The van der Waals surface area contributed by atoms with Gasteiger partial charge in [-0.15, -0.1) is 6.58 Å². The lowest BCUT2D eigenvalue weighted by molar-refractivity contribution is 0.0948. The summed E-state index contributed by atoms with van der Waals surface area (Å²) >= 11 is 0. The Morgan fingerprint density at radius 1 is 1.44 bits per heavy atom. The van der Waals surface area contributed by atoms with Crippen LogP contribution in [-0.2, 0) is 0 Å². The average molecular weight is 217 g/mol. The zero-order valence-corrected chi connectivity index (χ0v) is 9.99. The number of carbonyl (C=O) groups is 1. The molecule has 1 atom stereocenters. The number of aryl methyl sites for hydroxylation is 1. The van der Waals surface area contributed by atoms with Crippen molar-refractivity contribution in [1.29, 1.82) is 0 Å². The van der Waals surface area contributed by atoms with Crippen molar-refractivity contribution in [2.75, 3.05) is 6.54 Å². The van der Waals surface area contributed by atoms with Crippen molar-refractivity contribution in [3.8, 4) is 0 Å². The second-order valence-corrected chi connectivity index (χ2v) is 4.21. The molecule has 0 saturated carbocycles. The van der Waals surface area contributed by atoms with Crippen molar-refractivity contribution in [3.63, 3.8) is 0 Å². The molecule has 1 rings (SSSR count). The molecule has 0 fully saturated rings. The van der Waals surface area contributed by atoms with E-state index in [0.717, 1.165) is 17.5 Å². The van der Waals surface area contributed by atoms with E-state index < -0.39 is 0 Å². The molecule has 0 bridgehead atoms. The van der Waals surface area contributed by atoms with E-state index in [0.29, 0.717) is 12.5 Å². The van der Waals surface area contributed by atoms with Gasteiger partial charge in [0.05, 0.1) is 0 Å². The van der Waals surface area contributed by atoms with Gasteiger partial charge in [-0.1, -0.05) is 30.7 Å². The van der Waals surface area contributed by atoms with Crippen LogP contribution in [0.2, 0.25) is 0 Å². The first kappa shape index (κ1) is 12.5. The van der Waals surface area contributed by atoms with E-state index in [1.165, 1.54) is 0 Å². The first-order chi connectivity index (χ1) is 7.63. The fourth-order valence-electron chi connectivity index (χ4n) is 1.44. The van der Waals surface area contributed by atoms with Crippen LogP contribution in [0.4, 0.5) is 0 Å². The Hall–Kier alpha value is -1.57. The number of carbonyl (C=O) groups excluding carboxylic acids is 1. The fourth-order valence-corrected chi connectivity index (χ4v) is 1.44. The van der Waals surface area contributed by atoms with E-state index in [-0.39, 0.29) is 5.91 Å². The molecule has 0 aliphatic rings. The van der Waals surface area contributed by atoms with Gasteiger partial charge in [0.1, 0.15) is 0 Å². The van der Waals surface area contributed by atoms with Crippen molar-refractivity contribution in [1.82, 2.24) is 5.32 Å². The Morgan fingerprint density at radius 2 is 2.06 bits per heavy atom. The molecule has 0 heterocycles. The minimum atomic E-state index is -0.00378. The topological polar surface area (TPSA) is 29.1 Å². The molecule has 2 nitrogen and oxygen atoms in total.